The molecule has 8 heteroatoms. The van der Waals surface area contributed by atoms with Crippen molar-refractivity contribution in [1.82, 2.24) is 9.62 Å². The van der Waals surface area contributed by atoms with Crippen LogP contribution in [-0.4, -0.2) is 51.1 Å². The van der Waals surface area contributed by atoms with Gasteiger partial charge in [0.1, 0.15) is 5.75 Å². The van der Waals surface area contributed by atoms with Gasteiger partial charge in [0.2, 0.25) is 10.0 Å². The van der Waals surface area contributed by atoms with E-state index in [1.54, 1.807) is 31.4 Å². The van der Waals surface area contributed by atoms with E-state index in [0.717, 1.165) is 10.5 Å². The lowest BCUT2D eigenvalue weighted by atomic mass is 10.1. The lowest BCUT2D eigenvalue weighted by Crippen LogP contribution is -2.38. The van der Waals surface area contributed by atoms with E-state index < -0.39 is 21.8 Å². The lowest BCUT2D eigenvalue weighted by Gasteiger charge is -2.14. The van der Waals surface area contributed by atoms with Gasteiger partial charge in [-0.3, -0.25) is 14.5 Å². The highest BCUT2D eigenvalue weighted by Crippen LogP contribution is 2.22. The molecule has 3 rings (SSSR count). The van der Waals surface area contributed by atoms with E-state index in [9.17, 15) is 18.0 Å². The van der Waals surface area contributed by atoms with Gasteiger partial charge in [-0.25, -0.2) is 13.1 Å². The van der Waals surface area contributed by atoms with Crippen molar-refractivity contribution in [1.29, 1.82) is 0 Å². The van der Waals surface area contributed by atoms with Crippen LogP contribution < -0.4 is 9.46 Å². The average molecular weight is 388 g/mol. The van der Waals surface area contributed by atoms with Gasteiger partial charge in [0.25, 0.3) is 11.8 Å². The summed E-state index contributed by atoms with van der Waals surface area (Å²) in [6.45, 7) is 0.0150. The number of hydrogen-bond acceptors (Lipinski definition) is 5. The fourth-order valence-electron chi connectivity index (χ4n) is 2.98. The predicted molar refractivity (Wildman–Crippen MR) is 100 cm³/mol. The minimum absolute atomic E-state index is 0.184. The first-order valence-electron chi connectivity index (χ1n) is 8.47. The first-order chi connectivity index (χ1) is 12.9. The number of carbonyl (C=O) groups excluding carboxylic acids is 2. The molecule has 1 N–H and O–H groups in total. The zero-order valence-electron chi connectivity index (χ0n) is 14.8. The summed E-state index contributed by atoms with van der Waals surface area (Å²) in [7, 11) is -2.07. The fraction of sp³-hybridized carbons (Fsp3) is 0.263. The Labute approximate surface area is 158 Å². The number of fused-ring (bicyclic) bond motifs is 1. The third kappa shape index (κ3) is 4.17. The van der Waals surface area contributed by atoms with Crippen molar-refractivity contribution in [2.45, 2.75) is 6.42 Å². The molecule has 0 radical (unpaired) electrons. The smallest absolute Gasteiger partial charge is 0.261 e. The van der Waals surface area contributed by atoms with Crippen LogP contribution in [0.3, 0.4) is 0 Å². The Morgan fingerprint density at radius 3 is 2.19 bits per heavy atom. The van der Waals surface area contributed by atoms with Crippen LogP contribution in [0.4, 0.5) is 0 Å². The highest BCUT2D eigenvalue weighted by Gasteiger charge is 2.35. The Bertz CT molecular complexity index is 937. The molecule has 0 bridgehead atoms. The summed E-state index contributed by atoms with van der Waals surface area (Å²) in [6.07, 6.45) is 0.469. The van der Waals surface area contributed by atoms with Gasteiger partial charge in [0, 0.05) is 13.1 Å². The molecule has 1 aliphatic rings. The minimum Gasteiger partial charge on any atom is -0.496 e. The van der Waals surface area contributed by atoms with Crippen LogP contribution in [0.15, 0.2) is 48.5 Å². The number of imide groups is 1. The van der Waals surface area contributed by atoms with Gasteiger partial charge < -0.3 is 4.74 Å². The molecule has 142 valence electrons. The lowest BCUT2D eigenvalue weighted by molar-refractivity contribution is 0.0664. The zero-order valence-corrected chi connectivity index (χ0v) is 15.7. The second kappa shape index (κ2) is 7.89. The molecular weight excluding hydrogens is 368 g/mol. The van der Waals surface area contributed by atoms with E-state index in [4.69, 9.17) is 4.74 Å². The molecule has 0 fully saturated rings. The number of carbonyl (C=O) groups is 2. The van der Waals surface area contributed by atoms with Crippen molar-refractivity contribution in [3.8, 4) is 5.75 Å². The van der Waals surface area contributed by atoms with E-state index in [1.807, 2.05) is 24.3 Å². The molecule has 0 unspecified atom stereocenters. The summed E-state index contributed by atoms with van der Waals surface area (Å²) in [5.74, 6) is -0.563. The molecule has 0 saturated carbocycles. The SMILES string of the molecule is COc1ccccc1CCNS(=O)(=O)CCN1C(=O)c2ccccc2C1=O. The molecule has 0 spiro atoms. The number of sulfonamides is 1. The van der Waals surface area contributed by atoms with Crippen LogP contribution in [0.25, 0.3) is 0 Å². The van der Waals surface area contributed by atoms with Crippen molar-refractivity contribution in [2.24, 2.45) is 0 Å². The number of para-hydroxylation sites is 1. The largest absolute Gasteiger partial charge is 0.496 e. The van der Waals surface area contributed by atoms with E-state index >= 15 is 0 Å². The molecule has 0 aliphatic carbocycles. The standard InChI is InChI=1S/C19H20N2O5S/c1-26-17-9-5-2-6-14(17)10-11-20-27(24,25)13-12-21-18(22)15-7-3-4-8-16(15)19(21)23/h2-9,20H,10-13H2,1H3. The Morgan fingerprint density at radius 1 is 0.963 bits per heavy atom. The number of benzene rings is 2. The number of methoxy groups -OCH3 is 1. The highest BCUT2D eigenvalue weighted by atomic mass is 32.2. The van der Waals surface area contributed by atoms with Gasteiger partial charge in [-0.15, -0.1) is 0 Å². The van der Waals surface area contributed by atoms with Crippen LogP contribution in [0.2, 0.25) is 0 Å². The maximum Gasteiger partial charge on any atom is 0.261 e. The first-order valence-corrected chi connectivity index (χ1v) is 10.1. The first kappa shape index (κ1) is 19.1. The summed E-state index contributed by atoms with van der Waals surface area (Å²) >= 11 is 0. The topological polar surface area (TPSA) is 92.8 Å². The van der Waals surface area contributed by atoms with Crippen molar-refractivity contribution in [3.63, 3.8) is 0 Å². The van der Waals surface area contributed by atoms with Crippen LogP contribution in [-0.2, 0) is 16.4 Å². The molecule has 2 amide bonds. The quantitative estimate of drug-likeness (QED) is 0.691. The summed E-state index contributed by atoms with van der Waals surface area (Å²) in [5.41, 5.74) is 1.51. The number of nitrogens with zero attached hydrogens (tertiary/aromatic N) is 1. The monoisotopic (exact) mass is 388 g/mol. The number of hydrogen-bond donors (Lipinski definition) is 1. The van der Waals surface area contributed by atoms with Crippen molar-refractivity contribution in [3.05, 3.63) is 65.2 Å². The fourth-order valence-corrected chi connectivity index (χ4v) is 3.96. The molecule has 0 saturated heterocycles. The van der Waals surface area contributed by atoms with Gasteiger partial charge in [-0.2, -0.15) is 0 Å². The van der Waals surface area contributed by atoms with Crippen molar-refractivity contribution in [2.75, 3.05) is 26.0 Å². The minimum atomic E-state index is -3.63. The molecule has 7 nitrogen and oxygen atoms in total. The predicted octanol–water partition coefficient (Wildman–Crippen LogP) is 1.45. The van der Waals surface area contributed by atoms with Crippen LogP contribution in [0, 0.1) is 0 Å². The Hall–Kier alpha value is -2.71. The maximum absolute atomic E-state index is 12.3. The molecule has 2 aromatic rings. The van der Waals surface area contributed by atoms with E-state index in [1.165, 1.54) is 0 Å². The average Bonchev–Trinajstić information content (AvgIpc) is 2.91. The molecular formula is C19H20N2O5S. The zero-order chi connectivity index (χ0) is 19.4. The summed E-state index contributed by atoms with van der Waals surface area (Å²) < 4.78 is 32.2. The third-order valence-corrected chi connectivity index (χ3v) is 5.73. The van der Waals surface area contributed by atoms with Crippen molar-refractivity contribution >= 4 is 21.8 Å². The van der Waals surface area contributed by atoms with Crippen molar-refractivity contribution < 1.29 is 22.7 Å². The maximum atomic E-state index is 12.3. The van der Waals surface area contributed by atoms with E-state index in [-0.39, 0.29) is 18.8 Å². The Balaban J connectivity index is 1.55. The second-order valence-electron chi connectivity index (χ2n) is 6.08. The summed E-state index contributed by atoms with van der Waals surface area (Å²) in [4.78, 5) is 25.5. The normalized spacial score (nSPS) is 13.7. The second-order valence-corrected chi connectivity index (χ2v) is 8.01. The summed E-state index contributed by atoms with van der Waals surface area (Å²) in [6, 6.07) is 13.8. The number of ether oxygens (including phenoxy) is 1. The molecule has 1 heterocycles. The van der Waals surface area contributed by atoms with Gasteiger partial charge in [-0.1, -0.05) is 30.3 Å². The van der Waals surface area contributed by atoms with Gasteiger partial charge in [0.15, 0.2) is 0 Å². The van der Waals surface area contributed by atoms with E-state index in [0.29, 0.717) is 23.3 Å². The van der Waals surface area contributed by atoms with Gasteiger partial charge >= 0.3 is 0 Å². The van der Waals surface area contributed by atoms with E-state index in [2.05, 4.69) is 4.72 Å². The van der Waals surface area contributed by atoms with Crippen LogP contribution >= 0.6 is 0 Å². The Morgan fingerprint density at radius 2 is 1.56 bits per heavy atom. The molecule has 27 heavy (non-hydrogen) atoms. The van der Waals surface area contributed by atoms with Crippen LogP contribution in [0.5, 0.6) is 5.75 Å². The van der Waals surface area contributed by atoms with Gasteiger partial charge in [-0.05, 0) is 30.2 Å². The molecule has 0 aromatic heterocycles. The number of amides is 2. The number of nitrogens with one attached hydrogen (secondary N) is 1. The molecule has 0 atom stereocenters. The third-order valence-electron chi connectivity index (χ3n) is 4.37. The highest BCUT2D eigenvalue weighted by molar-refractivity contribution is 7.89. The molecule has 1 aliphatic heterocycles. The van der Waals surface area contributed by atoms with Gasteiger partial charge in [0.05, 0.1) is 24.0 Å². The Kier molecular flexibility index (Phi) is 5.57. The van der Waals surface area contributed by atoms with Crippen LogP contribution in [0.1, 0.15) is 26.3 Å². The summed E-state index contributed by atoms with van der Waals surface area (Å²) in [5, 5.41) is 0. The number of rotatable bonds is 8. The molecule has 2 aromatic carbocycles.